The van der Waals surface area contributed by atoms with Gasteiger partial charge in [-0.3, -0.25) is 9.20 Å². The zero-order chi connectivity index (χ0) is 25.3. The van der Waals surface area contributed by atoms with E-state index >= 15 is 0 Å². The van der Waals surface area contributed by atoms with Gasteiger partial charge < -0.3 is 4.90 Å². The maximum Gasteiger partial charge on any atom is 0.419 e. The van der Waals surface area contributed by atoms with Crippen molar-refractivity contribution in [3.8, 4) is 0 Å². The van der Waals surface area contributed by atoms with Crippen LogP contribution in [0.3, 0.4) is 0 Å². The molecule has 1 aromatic carbocycles. The van der Waals surface area contributed by atoms with E-state index in [-0.39, 0.29) is 23.6 Å². The molecular formula is C22H25F4N3O3S2. The van der Waals surface area contributed by atoms with Gasteiger partial charge in [-0.15, -0.1) is 11.3 Å². The molecule has 34 heavy (non-hydrogen) atoms. The Kier molecular flexibility index (Phi) is 7.71. The van der Waals surface area contributed by atoms with Gasteiger partial charge in [0.05, 0.1) is 29.5 Å². The maximum atomic E-state index is 13.7. The minimum Gasteiger partial charge on any atom is -0.333 e. The number of aryl methyl sites for hydroxylation is 1. The van der Waals surface area contributed by atoms with Crippen molar-refractivity contribution in [2.75, 3.05) is 18.1 Å². The summed E-state index contributed by atoms with van der Waals surface area (Å²) in [5.41, 5.74) is -0.00268. The van der Waals surface area contributed by atoms with E-state index in [0.717, 1.165) is 16.7 Å². The predicted octanol–water partition coefficient (Wildman–Crippen LogP) is 4.68. The predicted molar refractivity (Wildman–Crippen MR) is 122 cm³/mol. The number of thiazole rings is 1. The van der Waals surface area contributed by atoms with Crippen molar-refractivity contribution in [3.63, 3.8) is 0 Å². The topological polar surface area (TPSA) is 71.8 Å². The largest absolute Gasteiger partial charge is 0.419 e. The minimum absolute atomic E-state index is 0.0178. The van der Waals surface area contributed by atoms with Crippen molar-refractivity contribution in [2.24, 2.45) is 0 Å². The maximum absolute atomic E-state index is 13.7. The Morgan fingerprint density at radius 3 is 2.59 bits per heavy atom. The average Bonchev–Trinajstić information content (AvgIpc) is 3.35. The van der Waals surface area contributed by atoms with Crippen LogP contribution in [-0.2, 0) is 33.6 Å². The minimum atomic E-state index is -4.90. The first-order valence-corrected chi connectivity index (χ1v) is 13.4. The lowest BCUT2D eigenvalue weighted by Gasteiger charge is -2.29. The van der Waals surface area contributed by atoms with E-state index in [1.165, 1.54) is 23.2 Å². The number of amides is 1. The molecule has 0 spiro atoms. The van der Waals surface area contributed by atoms with Gasteiger partial charge in [-0.1, -0.05) is 19.9 Å². The number of sulfone groups is 1. The van der Waals surface area contributed by atoms with Gasteiger partial charge in [0.25, 0.3) is 0 Å². The first kappa shape index (κ1) is 26.1. The highest BCUT2D eigenvalue weighted by Gasteiger charge is 2.35. The summed E-state index contributed by atoms with van der Waals surface area (Å²) >= 11 is 1.41. The SMILES string of the molecule is CCc1c([C@@H](C)N(CCS(=O)(=O)CC)C(=O)Cc2ccc(F)c(C(F)(F)F)c2)nc2sccn12. The van der Waals surface area contributed by atoms with Gasteiger partial charge in [0.15, 0.2) is 14.8 Å². The van der Waals surface area contributed by atoms with Gasteiger partial charge in [-0.05, 0) is 31.0 Å². The van der Waals surface area contributed by atoms with Gasteiger partial charge in [0.1, 0.15) is 5.82 Å². The molecule has 186 valence electrons. The Balaban J connectivity index is 1.95. The van der Waals surface area contributed by atoms with E-state index in [4.69, 9.17) is 0 Å². The van der Waals surface area contributed by atoms with Crippen LogP contribution in [0.4, 0.5) is 17.6 Å². The van der Waals surface area contributed by atoms with E-state index in [1.807, 2.05) is 22.9 Å². The Hall–Kier alpha value is -2.47. The monoisotopic (exact) mass is 519 g/mol. The van der Waals surface area contributed by atoms with Crippen molar-refractivity contribution in [1.82, 2.24) is 14.3 Å². The molecule has 6 nitrogen and oxygen atoms in total. The first-order chi connectivity index (χ1) is 15.9. The van der Waals surface area contributed by atoms with Crippen LogP contribution in [0.25, 0.3) is 4.96 Å². The number of aromatic nitrogens is 2. The second-order valence-electron chi connectivity index (χ2n) is 7.84. The smallest absolute Gasteiger partial charge is 0.333 e. The lowest BCUT2D eigenvalue weighted by atomic mass is 10.0. The molecule has 1 amide bonds. The van der Waals surface area contributed by atoms with Gasteiger partial charge in [0.2, 0.25) is 5.91 Å². The van der Waals surface area contributed by atoms with Crippen LogP contribution >= 0.6 is 11.3 Å². The molecule has 0 saturated heterocycles. The quantitative estimate of drug-likeness (QED) is 0.385. The number of benzene rings is 1. The fraction of sp³-hybridized carbons (Fsp3) is 0.455. The third kappa shape index (κ3) is 5.60. The number of rotatable bonds is 9. The third-order valence-electron chi connectivity index (χ3n) is 5.69. The number of carbonyl (C=O) groups is 1. The zero-order valence-electron chi connectivity index (χ0n) is 18.9. The van der Waals surface area contributed by atoms with Crippen molar-refractivity contribution in [3.05, 3.63) is 58.1 Å². The molecule has 0 bridgehead atoms. The lowest BCUT2D eigenvalue weighted by Crippen LogP contribution is -2.39. The molecule has 0 radical (unpaired) electrons. The Morgan fingerprint density at radius 2 is 1.97 bits per heavy atom. The Bertz CT molecular complexity index is 1280. The third-order valence-corrected chi connectivity index (χ3v) is 8.13. The van der Waals surface area contributed by atoms with Crippen LogP contribution in [0.15, 0.2) is 29.8 Å². The lowest BCUT2D eigenvalue weighted by molar-refractivity contribution is -0.140. The van der Waals surface area contributed by atoms with Crippen LogP contribution in [-0.4, -0.2) is 46.7 Å². The van der Waals surface area contributed by atoms with Gasteiger partial charge in [-0.2, -0.15) is 13.2 Å². The standard InChI is InChI=1S/C22H25F4N3O3S2/c1-4-18-20(27-21-29(18)8-10-33-21)14(3)28(9-11-34(31,32)5-2)19(30)13-15-6-7-17(23)16(12-15)22(24,25)26/h6-8,10,12,14H,4-5,9,11,13H2,1-3H3/t14-/m1/s1. The van der Waals surface area contributed by atoms with Gasteiger partial charge in [-0.25, -0.2) is 17.8 Å². The molecule has 2 heterocycles. The zero-order valence-corrected chi connectivity index (χ0v) is 20.5. The van der Waals surface area contributed by atoms with Gasteiger partial charge >= 0.3 is 6.18 Å². The second-order valence-corrected chi connectivity index (χ2v) is 11.2. The van der Waals surface area contributed by atoms with Crippen LogP contribution in [0.5, 0.6) is 0 Å². The molecule has 2 aromatic heterocycles. The van der Waals surface area contributed by atoms with Crippen LogP contribution in [0, 0.1) is 5.82 Å². The molecule has 3 aromatic rings. The van der Waals surface area contributed by atoms with E-state index in [9.17, 15) is 30.8 Å². The Labute approximate surface area is 199 Å². The summed E-state index contributed by atoms with van der Waals surface area (Å²) in [5, 5.41) is 1.87. The van der Waals surface area contributed by atoms with E-state index in [1.54, 1.807) is 6.92 Å². The number of nitrogens with zero attached hydrogens (tertiary/aromatic N) is 3. The highest BCUT2D eigenvalue weighted by atomic mass is 32.2. The van der Waals surface area contributed by atoms with E-state index < -0.39 is 45.8 Å². The average molecular weight is 520 g/mol. The summed E-state index contributed by atoms with van der Waals surface area (Å²) in [6.07, 6.45) is -2.88. The molecular weight excluding hydrogens is 494 g/mol. The van der Waals surface area contributed by atoms with Crippen molar-refractivity contribution in [1.29, 1.82) is 0 Å². The number of halogens is 4. The fourth-order valence-corrected chi connectivity index (χ4v) is 5.28. The molecule has 0 aliphatic heterocycles. The molecule has 0 aliphatic carbocycles. The van der Waals surface area contributed by atoms with Crippen LogP contribution < -0.4 is 0 Å². The summed E-state index contributed by atoms with van der Waals surface area (Å²) in [7, 11) is -3.41. The first-order valence-electron chi connectivity index (χ1n) is 10.7. The van der Waals surface area contributed by atoms with E-state index in [0.29, 0.717) is 24.2 Å². The summed E-state index contributed by atoms with van der Waals surface area (Å²) in [5.74, 6) is -2.39. The van der Waals surface area contributed by atoms with Crippen LogP contribution in [0.2, 0.25) is 0 Å². The van der Waals surface area contributed by atoms with Crippen molar-refractivity contribution in [2.45, 2.75) is 45.8 Å². The number of fused-ring (bicyclic) bond motifs is 1. The number of hydrogen-bond donors (Lipinski definition) is 0. The van der Waals surface area contributed by atoms with Crippen molar-refractivity contribution < 1.29 is 30.8 Å². The molecule has 0 N–H and O–H groups in total. The normalized spacial score (nSPS) is 13.4. The molecule has 0 aliphatic rings. The molecule has 3 rings (SSSR count). The number of carbonyl (C=O) groups excluding carboxylic acids is 1. The number of alkyl halides is 3. The molecule has 0 fully saturated rings. The highest BCUT2D eigenvalue weighted by molar-refractivity contribution is 7.91. The summed E-state index contributed by atoms with van der Waals surface area (Å²) in [4.78, 5) is 19.9. The summed E-state index contributed by atoms with van der Waals surface area (Å²) in [6, 6.07) is 1.80. The Morgan fingerprint density at radius 1 is 1.26 bits per heavy atom. The molecule has 12 heteroatoms. The second kappa shape index (κ2) is 10.0. The van der Waals surface area contributed by atoms with Crippen molar-refractivity contribution >= 4 is 32.0 Å². The van der Waals surface area contributed by atoms with Crippen LogP contribution in [0.1, 0.15) is 49.3 Å². The summed E-state index contributed by atoms with van der Waals surface area (Å²) in [6.45, 7) is 5.01. The number of hydrogen-bond acceptors (Lipinski definition) is 5. The molecule has 1 atom stereocenters. The molecule has 0 saturated carbocycles. The number of imidazole rings is 1. The summed E-state index contributed by atoms with van der Waals surface area (Å²) < 4.78 is 79.2. The highest BCUT2D eigenvalue weighted by Crippen LogP contribution is 2.32. The fourth-order valence-electron chi connectivity index (χ4n) is 3.77. The van der Waals surface area contributed by atoms with E-state index in [2.05, 4.69) is 4.98 Å². The van der Waals surface area contributed by atoms with Gasteiger partial charge in [0, 0.05) is 29.6 Å². The molecule has 0 unspecified atom stereocenters.